The third-order valence-corrected chi connectivity index (χ3v) is 4.30. The van der Waals surface area contributed by atoms with Crippen molar-refractivity contribution >= 4 is 21.2 Å². The Morgan fingerprint density at radius 3 is 2.32 bits per heavy atom. The summed E-state index contributed by atoms with van der Waals surface area (Å²) < 4.78 is 60.0. The highest BCUT2D eigenvalue weighted by atomic mass is 32.2. The topological polar surface area (TPSA) is 63.4 Å². The molecule has 4 nitrogen and oxygen atoms in total. The summed E-state index contributed by atoms with van der Waals surface area (Å²) in [4.78, 5) is 0.939. The zero-order chi connectivity index (χ0) is 14.8. The summed E-state index contributed by atoms with van der Waals surface area (Å²) in [7, 11) is -2.18. The molecule has 0 heterocycles. The largest absolute Gasteiger partial charge is 0.405 e. The van der Waals surface area contributed by atoms with Crippen LogP contribution in [0.4, 0.5) is 24.5 Å². The fourth-order valence-electron chi connectivity index (χ4n) is 1.59. The Hall–Kier alpha value is -1.44. The van der Waals surface area contributed by atoms with E-state index in [1.165, 1.54) is 32.2 Å². The van der Waals surface area contributed by atoms with Crippen LogP contribution in [0, 0.1) is 0 Å². The molecule has 108 valence electrons. The minimum Gasteiger partial charge on any atom is -0.397 e. The first kappa shape index (κ1) is 15.6. The molecule has 0 saturated carbocycles. The third kappa shape index (κ3) is 4.02. The van der Waals surface area contributed by atoms with Gasteiger partial charge < -0.3 is 10.6 Å². The molecule has 0 saturated heterocycles. The number of nitrogens with zero attached hydrogens (tertiary/aromatic N) is 1. The Balaban J connectivity index is 3.08. The fourth-order valence-corrected chi connectivity index (χ4v) is 2.51. The van der Waals surface area contributed by atoms with Crippen LogP contribution in [0.1, 0.15) is 6.92 Å². The molecule has 0 aliphatic heterocycles. The van der Waals surface area contributed by atoms with Crippen molar-refractivity contribution in [3.63, 3.8) is 0 Å². The summed E-state index contributed by atoms with van der Waals surface area (Å²) in [6.07, 6.45) is -4.35. The van der Waals surface area contributed by atoms with Gasteiger partial charge in [0, 0.05) is 7.05 Å². The first-order chi connectivity index (χ1) is 8.57. The number of rotatable bonds is 4. The Morgan fingerprint density at radius 1 is 1.32 bits per heavy atom. The van der Waals surface area contributed by atoms with E-state index in [0.717, 1.165) is 4.90 Å². The number of alkyl halides is 3. The van der Waals surface area contributed by atoms with E-state index in [-0.39, 0.29) is 22.0 Å². The monoisotopic (exact) mass is 296 g/mol. The molecule has 0 aliphatic rings. The lowest BCUT2D eigenvalue weighted by Crippen LogP contribution is -2.31. The van der Waals surface area contributed by atoms with Crippen molar-refractivity contribution in [1.29, 1.82) is 0 Å². The summed E-state index contributed by atoms with van der Waals surface area (Å²) in [5.41, 5.74) is 5.77. The molecule has 1 aromatic rings. The highest BCUT2D eigenvalue weighted by molar-refractivity contribution is 7.91. The normalized spacial score (nSPS) is 12.5. The second-order valence-corrected chi connectivity index (χ2v) is 6.37. The van der Waals surface area contributed by atoms with Gasteiger partial charge in [0.1, 0.15) is 6.54 Å². The molecule has 0 radical (unpaired) electrons. The van der Waals surface area contributed by atoms with Crippen LogP contribution >= 0.6 is 0 Å². The zero-order valence-electron chi connectivity index (χ0n) is 10.5. The van der Waals surface area contributed by atoms with Gasteiger partial charge in [-0.2, -0.15) is 13.2 Å². The molecule has 0 fully saturated rings. The summed E-state index contributed by atoms with van der Waals surface area (Å²) in [6.45, 7) is 0.326. The lowest BCUT2D eigenvalue weighted by atomic mass is 10.2. The van der Waals surface area contributed by atoms with Gasteiger partial charge in [-0.1, -0.05) is 6.92 Å². The van der Waals surface area contributed by atoms with Gasteiger partial charge in [-0.3, -0.25) is 0 Å². The average molecular weight is 296 g/mol. The van der Waals surface area contributed by atoms with E-state index in [2.05, 4.69) is 0 Å². The minimum atomic E-state index is -4.35. The smallest absolute Gasteiger partial charge is 0.397 e. The number of benzene rings is 1. The second kappa shape index (κ2) is 5.28. The SMILES string of the molecule is CCS(=O)(=O)c1ccc(N(C)CC(F)(F)F)c(N)c1. The Bertz CT molecular complexity index is 556. The van der Waals surface area contributed by atoms with E-state index in [1.807, 2.05) is 0 Å². The van der Waals surface area contributed by atoms with Gasteiger partial charge >= 0.3 is 6.18 Å². The van der Waals surface area contributed by atoms with Gasteiger partial charge in [-0.15, -0.1) is 0 Å². The highest BCUT2D eigenvalue weighted by Crippen LogP contribution is 2.28. The number of hydrogen-bond acceptors (Lipinski definition) is 4. The molecule has 0 bridgehead atoms. The van der Waals surface area contributed by atoms with Crippen LogP contribution in [0.2, 0.25) is 0 Å². The van der Waals surface area contributed by atoms with E-state index < -0.39 is 22.6 Å². The molecule has 0 atom stereocenters. The van der Waals surface area contributed by atoms with Crippen LogP contribution in [0.5, 0.6) is 0 Å². The Morgan fingerprint density at radius 2 is 1.89 bits per heavy atom. The van der Waals surface area contributed by atoms with E-state index in [9.17, 15) is 21.6 Å². The first-order valence-electron chi connectivity index (χ1n) is 5.47. The molecular formula is C11H15F3N2O2S. The molecule has 0 aromatic heterocycles. The van der Waals surface area contributed by atoms with Crippen LogP contribution < -0.4 is 10.6 Å². The van der Waals surface area contributed by atoms with E-state index in [4.69, 9.17) is 5.73 Å². The van der Waals surface area contributed by atoms with Gasteiger partial charge in [-0.05, 0) is 18.2 Å². The van der Waals surface area contributed by atoms with Crippen LogP contribution in [0.15, 0.2) is 23.1 Å². The van der Waals surface area contributed by atoms with E-state index in [1.54, 1.807) is 0 Å². The van der Waals surface area contributed by atoms with Gasteiger partial charge in [0.05, 0.1) is 22.0 Å². The van der Waals surface area contributed by atoms with Crippen molar-refractivity contribution < 1.29 is 21.6 Å². The maximum atomic E-state index is 12.3. The Kier molecular flexibility index (Phi) is 4.34. The number of anilines is 2. The van der Waals surface area contributed by atoms with Crippen molar-refractivity contribution in [1.82, 2.24) is 0 Å². The highest BCUT2D eigenvalue weighted by Gasteiger charge is 2.30. The van der Waals surface area contributed by atoms with Gasteiger partial charge in [0.2, 0.25) is 0 Å². The summed E-state index contributed by atoms with van der Waals surface area (Å²) in [5.74, 6) is -0.0931. The molecule has 2 N–H and O–H groups in total. The van der Waals surface area contributed by atoms with Crippen molar-refractivity contribution in [2.24, 2.45) is 0 Å². The number of sulfone groups is 1. The quantitative estimate of drug-likeness (QED) is 0.864. The fraction of sp³-hybridized carbons (Fsp3) is 0.455. The molecule has 1 aromatic carbocycles. The summed E-state index contributed by atoms with van der Waals surface area (Å²) in [6, 6.07) is 3.72. The van der Waals surface area contributed by atoms with Gasteiger partial charge in [0.25, 0.3) is 0 Å². The van der Waals surface area contributed by atoms with Crippen LogP contribution in [0.3, 0.4) is 0 Å². The maximum absolute atomic E-state index is 12.3. The molecule has 0 aliphatic carbocycles. The maximum Gasteiger partial charge on any atom is 0.405 e. The number of nitrogen functional groups attached to an aromatic ring is 1. The number of halogens is 3. The van der Waals surface area contributed by atoms with Crippen LogP contribution in [-0.4, -0.2) is 33.9 Å². The van der Waals surface area contributed by atoms with Crippen LogP contribution in [-0.2, 0) is 9.84 Å². The van der Waals surface area contributed by atoms with E-state index >= 15 is 0 Å². The van der Waals surface area contributed by atoms with E-state index in [0.29, 0.717) is 0 Å². The standard InChI is InChI=1S/C11H15F3N2O2S/c1-3-19(17,18)8-4-5-10(9(15)6-8)16(2)7-11(12,13)14/h4-6H,3,7,15H2,1-2H3. The zero-order valence-corrected chi connectivity index (χ0v) is 11.3. The van der Waals surface area contributed by atoms with Crippen LogP contribution in [0.25, 0.3) is 0 Å². The minimum absolute atomic E-state index is 0.00118. The van der Waals surface area contributed by atoms with Gasteiger partial charge in [-0.25, -0.2) is 8.42 Å². The lowest BCUT2D eigenvalue weighted by Gasteiger charge is -2.22. The molecular weight excluding hydrogens is 281 g/mol. The molecule has 0 amide bonds. The summed E-state index contributed by atoms with van der Waals surface area (Å²) >= 11 is 0. The predicted molar refractivity (Wildman–Crippen MR) is 67.9 cm³/mol. The van der Waals surface area contributed by atoms with Gasteiger partial charge in [0.15, 0.2) is 9.84 Å². The van der Waals surface area contributed by atoms with Crippen molar-refractivity contribution in [3.8, 4) is 0 Å². The predicted octanol–water partition coefficient (Wildman–Crippen LogP) is 2.06. The van der Waals surface area contributed by atoms with Crippen molar-refractivity contribution in [2.45, 2.75) is 18.0 Å². The average Bonchev–Trinajstić information content (AvgIpc) is 2.26. The molecule has 0 unspecified atom stereocenters. The Labute approximate surface area is 109 Å². The second-order valence-electron chi connectivity index (χ2n) is 4.10. The third-order valence-electron chi connectivity index (χ3n) is 2.57. The molecule has 8 heteroatoms. The first-order valence-corrected chi connectivity index (χ1v) is 7.12. The van der Waals surface area contributed by atoms with Crippen molar-refractivity contribution in [3.05, 3.63) is 18.2 Å². The number of nitrogens with two attached hydrogens (primary N) is 1. The summed E-state index contributed by atoms with van der Waals surface area (Å²) in [5, 5.41) is 0. The molecule has 1 rings (SSSR count). The van der Waals surface area contributed by atoms with Crippen molar-refractivity contribution in [2.75, 3.05) is 30.0 Å². The lowest BCUT2D eigenvalue weighted by molar-refractivity contribution is -0.119. The molecule has 19 heavy (non-hydrogen) atoms. The number of hydrogen-bond donors (Lipinski definition) is 1. The molecule has 0 spiro atoms.